The predicted octanol–water partition coefficient (Wildman–Crippen LogP) is 6.01. The quantitative estimate of drug-likeness (QED) is 0.580. The lowest BCUT2D eigenvalue weighted by atomic mass is 9.74. The van der Waals surface area contributed by atoms with Gasteiger partial charge in [0.25, 0.3) is 0 Å². The molecule has 0 nitrogen and oxygen atoms in total. The van der Waals surface area contributed by atoms with Crippen LogP contribution >= 0.6 is 0 Å². The first-order valence-corrected chi connectivity index (χ1v) is 11.3. The van der Waals surface area contributed by atoms with Crippen molar-refractivity contribution in [1.82, 2.24) is 0 Å². The van der Waals surface area contributed by atoms with Crippen LogP contribution in [0.25, 0.3) is 0 Å². The summed E-state index contributed by atoms with van der Waals surface area (Å²) in [5.41, 5.74) is 3.35. The van der Waals surface area contributed by atoms with Gasteiger partial charge in [-0.25, -0.2) is 0 Å². The third-order valence-electron chi connectivity index (χ3n) is 12.3. The van der Waals surface area contributed by atoms with E-state index in [9.17, 15) is 0 Å². The largest absolute Gasteiger partial charge is 0.0625 e. The summed E-state index contributed by atoms with van der Waals surface area (Å²) >= 11 is 0. The van der Waals surface area contributed by atoms with E-state index < -0.39 is 0 Å². The topological polar surface area (TPSA) is 0 Å². The highest BCUT2D eigenvalue weighted by atomic mass is 15.0. The second kappa shape index (κ2) is 3.43. The Balaban J connectivity index is 1.01. The monoisotopic (exact) mass is 324 g/mol. The van der Waals surface area contributed by atoms with Gasteiger partial charge in [0.15, 0.2) is 0 Å². The van der Waals surface area contributed by atoms with Crippen LogP contribution in [0.1, 0.15) is 73.1 Å². The van der Waals surface area contributed by atoms with Crippen LogP contribution in [0.3, 0.4) is 0 Å². The average Bonchev–Trinajstić information content (AvgIpc) is 3.31. The molecule has 12 atom stereocenters. The van der Waals surface area contributed by atoms with Crippen LogP contribution in [0.5, 0.6) is 0 Å². The summed E-state index contributed by atoms with van der Waals surface area (Å²) in [6.45, 7) is 12.8. The molecule has 7 aliphatic carbocycles. The fourth-order valence-electron chi connectivity index (χ4n) is 10.5. The standard InChI is InChI=1S/C24H36/c1-12(2)16-10-21(16,4)22(5)15-8-14(18(15)22)6-7-23-11-17(23)19-20(23)24(19)9-13(24)3/h12-20H,6-11H2,1-5H3. The van der Waals surface area contributed by atoms with Crippen molar-refractivity contribution in [2.75, 3.05) is 0 Å². The number of fused-ring (bicyclic) bond motifs is 7. The van der Waals surface area contributed by atoms with Gasteiger partial charge in [0, 0.05) is 0 Å². The molecule has 0 aromatic rings. The van der Waals surface area contributed by atoms with Crippen molar-refractivity contribution in [3.8, 4) is 0 Å². The van der Waals surface area contributed by atoms with Crippen molar-refractivity contribution >= 4 is 0 Å². The molecule has 0 radical (unpaired) electrons. The van der Waals surface area contributed by atoms with Crippen molar-refractivity contribution in [2.24, 2.45) is 74.9 Å². The van der Waals surface area contributed by atoms with Crippen LogP contribution in [0.2, 0.25) is 0 Å². The van der Waals surface area contributed by atoms with E-state index in [1.54, 1.807) is 32.1 Å². The molecule has 0 aromatic heterocycles. The maximum absolute atomic E-state index is 2.70. The zero-order chi connectivity index (χ0) is 16.4. The molecular formula is C24H36. The van der Waals surface area contributed by atoms with Gasteiger partial charge in [0.2, 0.25) is 0 Å². The third kappa shape index (κ3) is 1.15. The molecule has 0 aromatic carbocycles. The van der Waals surface area contributed by atoms with Crippen LogP contribution < -0.4 is 0 Å². The van der Waals surface area contributed by atoms with Crippen LogP contribution in [0, 0.1) is 74.9 Å². The van der Waals surface area contributed by atoms with Gasteiger partial charge in [0.05, 0.1) is 0 Å². The zero-order valence-corrected chi connectivity index (χ0v) is 16.4. The molecule has 0 saturated heterocycles. The van der Waals surface area contributed by atoms with Gasteiger partial charge < -0.3 is 0 Å². The van der Waals surface area contributed by atoms with Crippen LogP contribution in [0.15, 0.2) is 0 Å². The minimum absolute atomic E-state index is 0.719. The summed E-state index contributed by atoms with van der Waals surface area (Å²) in [5.74, 6) is 10.2. The van der Waals surface area contributed by atoms with Gasteiger partial charge in [-0.15, -0.1) is 0 Å². The molecule has 0 amide bonds. The SMILES string of the molecule is CC(C)C1CC1(C)C1(C)C2CC(CCC34CC3C3C4C34CC4C)C21. The number of hydrogen-bond acceptors (Lipinski definition) is 0. The maximum atomic E-state index is 2.70. The Hall–Kier alpha value is 0. The smallest absolute Gasteiger partial charge is 0.0198 e. The van der Waals surface area contributed by atoms with Crippen molar-refractivity contribution in [2.45, 2.75) is 73.1 Å². The zero-order valence-electron chi connectivity index (χ0n) is 16.4. The second-order valence-corrected chi connectivity index (χ2v) is 12.7. The Morgan fingerprint density at radius 1 is 1.00 bits per heavy atom. The molecule has 7 fully saturated rings. The molecular weight excluding hydrogens is 288 g/mol. The third-order valence-corrected chi connectivity index (χ3v) is 12.3. The lowest BCUT2D eigenvalue weighted by molar-refractivity contribution is 0.183. The van der Waals surface area contributed by atoms with Crippen molar-refractivity contribution in [1.29, 1.82) is 0 Å². The molecule has 0 heteroatoms. The van der Waals surface area contributed by atoms with E-state index in [0.717, 1.165) is 57.2 Å². The maximum Gasteiger partial charge on any atom is -0.0198 e. The normalized spacial score (nSPS) is 74.8. The number of hydrogen-bond donors (Lipinski definition) is 0. The summed E-state index contributed by atoms with van der Waals surface area (Å²) < 4.78 is 0. The minimum Gasteiger partial charge on any atom is -0.0625 e. The summed E-state index contributed by atoms with van der Waals surface area (Å²) in [5, 5.41) is 0. The molecule has 1 spiro atoms. The van der Waals surface area contributed by atoms with Gasteiger partial charge in [-0.05, 0) is 113 Å². The van der Waals surface area contributed by atoms with Gasteiger partial charge in [-0.3, -0.25) is 0 Å². The molecule has 132 valence electrons. The molecule has 24 heavy (non-hydrogen) atoms. The van der Waals surface area contributed by atoms with Gasteiger partial charge in [0.1, 0.15) is 0 Å². The summed E-state index contributed by atoms with van der Waals surface area (Å²) in [4.78, 5) is 0. The fraction of sp³-hybridized carbons (Fsp3) is 1.00. The Bertz CT molecular complexity index is 663. The Morgan fingerprint density at radius 3 is 2.33 bits per heavy atom. The summed E-state index contributed by atoms with van der Waals surface area (Å²) in [6, 6.07) is 0. The second-order valence-electron chi connectivity index (χ2n) is 12.7. The van der Waals surface area contributed by atoms with E-state index in [2.05, 4.69) is 34.6 Å². The van der Waals surface area contributed by atoms with Crippen molar-refractivity contribution in [3.63, 3.8) is 0 Å². The lowest BCUT2D eigenvalue weighted by Gasteiger charge is -2.30. The molecule has 0 aliphatic heterocycles. The molecule has 0 bridgehead atoms. The summed E-state index contributed by atoms with van der Waals surface area (Å²) in [6.07, 6.45) is 9.67. The Morgan fingerprint density at radius 2 is 1.75 bits per heavy atom. The molecule has 7 rings (SSSR count). The highest BCUT2D eigenvalue weighted by Crippen LogP contribution is 3.01. The van der Waals surface area contributed by atoms with Crippen LogP contribution in [-0.4, -0.2) is 0 Å². The Labute approximate surface area is 148 Å². The first-order valence-electron chi connectivity index (χ1n) is 11.3. The van der Waals surface area contributed by atoms with E-state index >= 15 is 0 Å². The van der Waals surface area contributed by atoms with Crippen LogP contribution in [0.4, 0.5) is 0 Å². The number of rotatable bonds is 5. The van der Waals surface area contributed by atoms with E-state index in [1.165, 1.54) is 24.2 Å². The predicted molar refractivity (Wildman–Crippen MR) is 97.2 cm³/mol. The Kier molecular flexibility index (Phi) is 2.01. The highest BCUT2D eigenvalue weighted by Gasteiger charge is 2.96. The first kappa shape index (κ1) is 14.1. The van der Waals surface area contributed by atoms with E-state index in [4.69, 9.17) is 0 Å². The molecule has 0 heterocycles. The van der Waals surface area contributed by atoms with E-state index in [-0.39, 0.29) is 0 Å². The average molecular weight is 325 g/mol. The minimum atomic E-state index is 0.719. The van der Waals surface area contributed by atoms with E-state index in [1.807, 2.05) is 0 Å². The molecule has 7 aliphatic rings. The van der Waals surface area contributed by atoms with Crippen molar-refractivity contribution in [3.05, 3.63) is 0 Å². The van der Waals surface area contributed by atoms with Crippen molar-refractivity contribution < 1.29 is 0 Å². The molecule has 12 unspecified atom stereocenters. The lowest BCUT2D eigenvalue weighted by Crippen LogP contribution is -2.23. The van der Waals surface area contributed by atoms with Crippen LogP contribution in [-0.2, 0) is 0 Å². The van der Waals surface area contributed by atoms with E-state index in [0.29, 0.717) is 0 Å². The molecule has 7 saturated carbocycles. The van der Waals surface area contributed by atoms with Gasteiger partial charge in [-0.1, -0.05) is 34.6 Å². The summed E-state index contributed by atoms with van der Waals surface area (Å²) in [7, 11) is 0. The van der Waals surface area contributed by atoms with Gasteiger partial charge in [-0.2, -0.15) is 0 Å². The first-order chi connectivity index (χ1) is 11.3. The highest BCUT2D eigenvalue weighted by molar-refractivity contribution is 5.43. The van der Waals surface area contributed by atoms with Gasteiger partial charge >= 0.3 is 0 Å². The fourth-order valence-corrected chi connectivity index (χ4v) is 10.5. The molecule has 0 N–H and O–H groups in total.